The average Bonchev–Trinajstić information content (AvgIpc) is 2.62. The highest BCUT2D eigenvalue weighted by Crippen LogP contribution is 2.19. The molecule has 0 unspecified atom stereocenters. The van der Waals surface area contributed by atoms with Crippen molar-refractivity contribution in [3.05, 3.63) is 59.1 Å². The first-order valence-electron chi connectivity index (χ1n) is 8.85. The minimum absolute atomic E-state index is 0.232. The molecule has 0 heterocycles. The van der Waals surface area contributed by atoms with Crippen molar-refractivity contribution in [3.8, 4) is 0 Å². The van der Waals surface area contributed by atoms with Gasteiger partial charge in [-0.05, 0) is 49.2 Å². The monoisotopic (exact) mass is 371 g/mol. The normalized spacial score (nSPS) is 14.5. The summed E-state index contributed by atoms with van der Waals surface area (Å²) >= 11 is 5.93. The molecule has 0 bridgehead atoms. The quantitative estimate of drug-likeness (QED) is 0.704. The first-order valence-corrected chi connectivity index (χ1v) is 9.22. The van der Waals surface area contributed by atoms with Gasteiger partial charge in [0.15, 0.2) is 0 Å². The summed E-state index contributed by atoms with van der Waals surface area (Å²) in [6.45, 7) is 0. The minimum atomic E-state index is -0.261. The molecule has 5 nitrogen and oxygen atoms in total. The van der Waals surface area contributed by atoms with E-state index in [0.717, 1.165) is 25.7 Å². The zero-order valence-electron chi connectivity index (χ0n) is 14.4. The van der Waals surface area contributed by atoms with E-state index in [2.05, 4.69) is 16.0 Å². The number of anilines is 2. The third-order valence-corrected chi connectivity index (χ3v) is 4.64. The van der Waals surface area contributed by atoms with Gasteiger partial charge in [0.1, 0.15) is 0 Å². The SMILES string of the molecule is O=C(Nc1cccc(C(=O)Nc2cccc(Cl)c2)c1)NC1CCCCC1. The Hall–Kier alpha value is -2.53. The van der Waals surface area contributed by atoms with Crippen molar-refractivity contribution in [2.75, 3.05) is 10.6 Å². The van der Waals surface area contributed by atoms with E-state index in [1.165, 1.54) is 6.42 Å². The molecule has 26 heavy (non-hydrogen) atoms. The molecule has 0 aromatic heterocycles. The van der Waals surface area contributed by atoms with Gasteiger partial charge in [0.2, 0.25) is 0 Å². The summed E-state index contributed by atoms with van der Waals surface area (Å²) in [7, 11) is 0. The predicted octanol–water partition coefficient (Wildman–Crippen LogP) is 5.05. The van der Waals surface area contributed by atoms with Crippen molar-refractivity contribution in [1.82, 2.24) is 5.32 Å². The Morgan fingerprint density at radius 2 is 1.58 bits per heavy atom. The summed E-state index contributed by atoms with van der Waals surface area (Å²) in [4.78, 5) is 24.6. The van der Waals surface area contributed by atoms with Crippen LogP contribution in [0.1, 0.15) is 42.5 Å². The van der Waals surface area contributed by atoms with Crippen LogP contribution < -0.4 is 16.0 Å². The maximum absolute atomic E-state index is 12.4. The van der Waals surface area contributed by atoms with Crippen LogP contribution in [0.3, 0.4) is 0 Å². The summed E-state index contributed by atoms with van der Waals surface area (Å²) in [5.74, 6) is -0.261. The van der Waals surface area contributed by atoms with Crippen LogP contribution in [0.4, 0.5) is 16.2 Å². The number of urea groups is 1. The molecular weight excluding hydrogens is 350 g/mol. The molecule has 1 aliphatic rings. The van der Waals surface area contributed by atoms with E-state index >= 15 is 0 Å². The zero-order valence-corrected chi connectivity index (χ0v) is 15.2. The van der Waals surface area contributed by atoms with Crippen LogP contribution in [0, 0.1) is 0 Å². The van der Waals surface area contributed by atoms with Gasteiger partial charge >= 0.3 is 6.03 Å². The molecule has 0 saturated heterocycles. The van der Waals surface area contributed by atoms with Gasteiger partial charge in [0, 0.05) is 28.0 Å². The van der Waals surface area contributed by atoms with Crippen LogP contribution in [0.2, 0.25) is 5.02 Å². The zero-order chi connectivity index (χ0) is 18.4. The van der Waals surface area contributed by atoms with Crippen LogP contribution in [-0.4, -0.2) is 18.0 Å². The Morgan fingerprint density at radius 1 is 0.885 bits per heavy atom. The molecule has 0 aliphatic heterocycles. The molecular formula is C20H22ClN3O2. The molecule has 3 amide bonds. The van der Waals surface area contributed by atoms with Crippen LogP contribution in [0.5, 0.6) is 0 Å². The molecule has 136 valence electrons. The number of nitrogens with one attached hydrogen (secondary N) is 3. The lowest BCUT2D eigenvalue weighted by Crippen LogP contribution is -2.39. The Labute approximate surface area is 158 Å². The minimum Gasteiger partial charge on any atom is -0.335 e. The second kappa shape index (κ2) is 8.72. The summed E-state index contributed by atoms with van der Waals surface area (Å²) in [5.41, 5.74) is 1.66. The fourth-order valence-electron chi connectivity index (χ4n) is 3.11. The molecule has 2 aromatic rings. The highest BCUT2D eigenvalue weighted by molar-refractivity contribution is 6.31. The topological polar surface area (TPSA) is 70.2 Å². The predicted molar refractivity (Wildman–Crippen MR) is 105 cm³/mol. The van der Waals surface area contributed by atoms with Gasteiger partial charge in [0.05, 0.1) is 0 Å². The Balaban J connectivity index is 1.60. The number of hydrogen-bond donors (Lipinski definition) is 3. The number of amides is 3. The first-order chi connectivity index (χ1) is 12.6. The van der Waals surface area contributed by atoms with E-state index in [1.54, 1.807) is 48.5 Å². The molecule has 2 aromatic carbocycles. The van der Waals surface area contributed by atoms with Gasteiger partial charge in [-0.1, -0.05) is 43.0 Å². The standard InChI is InChI=1S/C20H22ClN3O2/c21-15-7-5-11-18(13-15)22-19(25)14-6-4-10-17(12-14)24-20(26)23-16-8-2-1-3-9-16/h4-7,10-13,16H,1-3,8-9H2,(H,22,25)(H2,23,24,26). The van der Waals surface area contributed by atoms with E-state index in [9.17, 15) is 9.59 Å². The Kier molecular flexibility index (Phi) is 6.12. The lowest BCUT2D eigenvalue weighted by Gasteiger charge is -2.22. The number of rotatable bonds is 4. The van der Waals surface area contributed by atoms with Crippen LogP contribution in [0.15, 0.2) is 48.5 Å². The molecule has 1 fully saturated rings. The van der Waals surface area contributed by atoms with Gasteiger partial charge in [-0.2, -0.15) is 0 Å². The Bertz CT molecular complexity index is 788. The van der Waals surface area contributed by atoms with Crippen LogP contribution in [0.25, 0.3) is 0 Å². The van der Waals surface area contributed by atoms with Crippen LogP contribution >= 0.6 is 11.6 Å². The summed E-state index contributed by atoms with van der Waals surface area (Å²) in [6, 6.07) is 13.8. The molecule has 6 heteroatoms. The molecule has 0 atom stereocenters. The fourth-order valence-corrected chi connectivity index (χ4v) is 3.30. The van der Waals surface area contributed by atoms with Crippen molar-refractivity contribution in [3.63, 3.8) is 0 Å². The van der Waals surface area contributed by atoms with Crippen molar-refractivity contribution < 1.29 is 9.59 Å². The first kappa shape index (κ1) is 18.3. The van der Waals surface area contributed by atoms with Crippen molar-refractivity contribution >= 4 is 34.9 Å². The lowest BCUT2D eigenvalue weighted by molar-refractivity contribution is 0.102. The third kappa shape index (κ3) is 5.23. The summed E-state index contributed by atoms with van der Waals surface area (Å²) in [6.07, 6.45) is 5.60. The summed E-state index contributed by atoms with van der Waals surface area (Å²) in [5, 5.41) is 9.15. The maximum Gasteiger partial charge on any atom is 0.319 e. The molecule has 0 radical (unpaired) electrons. The van der Waals surface area contributed by atoms with Crippen LogP contribution in [-0.2, 0) is 0 Å². The highest BCUT2D eigenvalue weighted by Gasteiger charge is 2.16. The lowest BCUT2D eigenvalue weighted by atomic mass is 9.96. The van der Waals surface area contributed by atoms with Gasteiger partial charge in [-0.3, -0.25) is 4.79 Å². The molecule has 1 saturated carbocycles. The fraction of sp³-hybridized carbons (Fsp3) is 0.300. The summed E-state index contributed by atoms with van der Waals surface area (Å²) < 4.78 is 0. The van der Waals surface area contributed by atoms with E-state index < -0.39 is 0 Å². The van der Waals surface area contributed by atoms with E-state index in [1.807, 2.05) is 0 Å². The van der Waals surface area contributed by atoms with Gasteiger partial charge in [-0.15, -0.1) is 0 Å². The van der Waals surface area contributed by atoms with Crippen molar-refractivity contribution in [1.29, 1.82) is 0 Å². The van der Waals surface area contributed by atoms with Gasteiger partial charge in [-0.25, -0.2) is 4.79 Å². The molecule has 0 spiro atoms. The number of halogens is 1. The number of hydrogen-bond acceptors (Lipinski definition) is 2. The van der Waals surface area contributed by atoms with Crippen molar-refractivity contribution in [2.24, 2.45) is 0 Å². The van der Waals surface area contributed by atoms with Gasteiger partial charge < -0.3 is 16.0 Å². The maximum atomic E-state index is 12.4. The molecule has 1 aliphatic carbocycles. The largest absolute Gasteiger partial charge is 0.335 e. The van der Waals surface area contributed by atoms with E-state index in [4.69, 9.17) is 11.6 Å². The number of benzene rings is 2. The number of carbonyl (C=O) groups is 2. The average molecular weight is 372 g/mol. The van der Waals surface area contributed by atoms with E-state index in [0.29, 0.717) is 22.0 Å². The Morgan fingerprint density at radius 3 is 2.31 bits per heavy atom. The van der Waals surface area contributed by atoms with Gasteiger partial charge in [0.25, 0.3) is 5.91 Å². The molecule has 3 rings (SSSR count). The number of carbonyl (C=O) groups excluding carboxylic acids is 2. The van der Waals surface area contributed by atoms with E-state index in [-0.39, 0.29) is 18.0 Å². The molecule has 3 N–H and O–H groups in total. The smallest absolute Gasteiger partial charge is 0.319 e. The second-order valence-electron chi connectivity index (χ2n) is 6.48. The highest BCUT2D eigenvalue weighted by atomic mass is 35.5. The second-order valence-corrected chi connectivity index (χ2v) is 6.92. The van der Waals surface area contributed by atoms with Crippen molar-refractivity contribution in [2.45, 2.75) is 38.1 Å². The third-order valence-electron chi connectivity index (χ3n) is 4.41.